The predicted molar refractivity (Wildman–Crippen MR) is 71.4 cm³/mol. The lowest BCUT2D eigenvalue weighted by Crippen LogP contribution is -2.36. The van der Waals surface area contributed by atoms with Crippen LogP contribution in [0.25, 0.3) is 0 Å². The third kappa shape index (κ3) is 4.41. The third-order valence-corrected chi connectivity index (χ3v) is 2.58. The van der Waals surface area contributed by atoms with E-state index in [1.807, 2.05) is 50.7 Å². The summed E-state index contributed by atoms with van der Waals surface area (Å²) in [7, 11) is 1.96. The van der Waals surface area contributed by atoms with E-state index in [1.54, 1.807) is 0 Å². The molecule has 102 valence electrons. The van der Waals surface area contributed by atoms with Gasteiger partial charge in [-0.25, -0.2) is 4.79 Å². The first-order valence-corrected chi connectivity index (χ1v) is 6.11. The van der Waals surface area contributed by atoms with Gasteiger partial charge in [-0.1, -0.05) is 0 Å². The molecular weight excluding hydrogens is 230 g/mol. The highest BCUT2D eigenvalue weighted by atomic mass is 16.6. The largest absolute Gasteiger partial charge is 0.444 e. The zero-order valence-electron chi connectivity index (χ0n) is 11.6. The molecule has 0 bridgehead atoms. The minimum absolute atomic E-state index is 0.0949. The molecule has 0 radical (unpaired) electrons. The summed E-state index contributed by atoms with van der Waals surface area (Å²) < 4.78 is 7.19. The monoisotopic (exact) mass is 253 g/mol. The zero-order valence-corrected chi connectivity index (χ0v) is 11.6. The number of hydrogen-bond acceptors (Lipinski definition) is 3. The second-order valence-corrected chi connectivity index (χ2v) is 5.36. The number of carbonyl (C=O) groups excluding carboxylic acids is 1. The summed E-state index contributed by atoms with van der Waals surface area (Å²) in [5.41, 5.74) is 6.37. The van der Waals surface area contributed by atoms with Gasteiger partial charge in [0.15, 0.2) is 0 Å². The number of rotatable bonds is 4. The van der Waals surface area contributed by atoms with Crippen molar-refractivity contribution >= 4 is 6.09 Å². The number of hydrogen-bond donors (Lipinski definition) is 2. The van der Waals surface area contributed by atoms with Crippen molar-refractivity contribution in [2.75, 3.05) is 13.1 Å². The van der Waals surface area contributed by atoms with Gasteiger partial charge in [0, 0.05) is 37.9 Å². The molecule has 1 rings (SSSR count). The van der Waals surface area contributed by atoms with Crippen LogP contribution in [0.4, 0.5) is 4.79 Å². The van der Waals surface area contributed by atoms with Gasteiger partial charge in [0.1, 0.15) is 5.60 Å². The van der Waals surface area contributed by atoms with Gasteiger partial charge in [0.05, 0.1) is 0 Å². The summed E-state index contributed by atoms with van der Waals surface area (Å²) in [6.07, 6.45) is 1.56. The highest BCUT2D eigenvalue weighted by molar-refractivity contribution is 5.67. The molecule has 5 nitrogen and oxygen atoms in total. The van der Waals surface area contributed by atoms with E-state index in [9.17, 15) is 4.79 Å². The van der Waals surface area contributed by atoms with Gasteiger partial charge >= 0.3 is 6.09 Å². The molecule has 1 atom stereocenters. The number of ether oxygens (including phenoxy) is 1. The van der Waals surface area contributed by atoms with Gasteiger partial charge in [-0.05, 0) is 32.9 Å². The fourth-order valence-corrected chi connectivity index (χ4v) is 1.73. The van der Waals surface area contributed by atoms with Gasteiger partial charge in [-0.2, -0.15) is 0 Å². The first kappa shape index (κ1) is 14.6. The van der Waals surface area contributed by atoms with Gasteiger partial charge < -0.3 is 20.4 Å². The Morgan fingerprint density at radius 3 is 2.67 bits per heavy atom. The molecule has 1 amide bonds. The van der Waals surface area contributed by atoms with Crippen molar-refractivity contribution in [1.82, 2.24) is 9.88 Å². The molecule has 3 N–H and O–H groups in total. The smallest absolute Gasteiger partial charge is 0.407 e. The van der Waals surface area contributed by atoms with E-state index in [4.69, 9.17) is 10.5 Å². The van der Waals surface area contributed by atoms with Crippen LogP contribution in [0.1, 0.15) is 32.4 Å². The molecule has 0 spiro atoms. The van der Waals surface area contributed by atoms with Crippen LogP contribution >= 0.6 is 0 Å². The second-order valence-electron chi connectivity index (χ2n) is 5.36. The fourth-order valence-electron chi connectivity index (χ4n) is 1.73. The van der Waals surface area contributed by atoms with E-state index in [0.717, 1.165) is 5.69 Å². The molecule has 0 aromatic carbocycles. The van der Waals surface area contributed by atoms with Crippen molar-refractivity contribution in [2.45, 2.75) is 32.3 Å². The van der Waals surface area contributed by atoms with Crippen LogP contribution in [0.15, 0.2) is 18.3 Å². The van der Waals surface area contributed by atoms with E-state index in [2.05, 4.69) is 5.32 Å². The summed E-state index contributed by atoms with van der Waals surface area (Å²) >= 11 is 0. The number of aromatic nitrogens is 1. The fraction of sp³-hybridized carbons (Fsp3) is 0.615. The van der Waals surface area contributed by atoms with Crippen molar-refractivity contribution in [3.05, 3.63) is 24.0 Å². The number of amides is 1. The molecule has 0 saturated heterocycles. The topological polar surface area (TPSA) is 69.3 Å². The van der Waals surface area contributed by atoms with Crippen LogP contribution < -0.4 is 11.1 Å². The molecule has 1 aromatic rings. The van der Waals surface area contributed by atoms with Crippen LogP contribution in [-0.4, -0.2) is 29.4 Å². The third-order valence-electron chi connectivity index (χ3n) is 2.58. The Morgan fingerprint density at radius 2 is 2.22 bits per heavy atom. The number of aryl methyl sites for hydroxylation is 1. The first-order valence-electron chi connectivity index (χ1n) is 6.11. The molecule has 1 unspecified atom stereocenters. The van der Waals surface area contributed by atoms with E-state index in [1.165, 1.54) is 0 Å². The standard InChI is InChI=1S/C13H23N3O2/c1-13(2,3)18-12(17)15-9-10(8-14)11-6-5-7-16(11)4/h5-7,10H,8-9,14H2,1-4H3,(H,15,17). The maximum absolute atomic E-state index is 11.6. The predicted octanol–water partition coefficient (Wildman–Crippen LogP) is 1.59. The van der Waals surface area contributed by atoms with Crippen molar-refractivity contribution in [3.63, 3.8) is 0 Å². The number of carbonyl (C=O) groups is 1. The molecule has 5 heteroatoms. The Labute approximate surface area is 108 Å². The molecule has 0 aliphatic carbocycles. The van der Waals surface area contributed by atoms with E-state index in [-0.39, 0.29) is 5.92 Å². The van der Waals surface area contributed by atoms with Crippen molar-refractivity contribution in [2.24, 2.45) is 12.8 Å². The highest BCUT2D eigenvalue weighted by Crippen LogP contribution is 2.14. The maximum Gasteiger partial charge on any atom is 0.407 e. The molecule has 1 heterocycles. The lowest BCUT2D eigenvalue weighted by atomic mass is 10.1. The molecule has 0 fully saturated rings. The normalized spacial score (nSPS) is 13.2. The van der Waals surface area contributed by atoms with Crippen LogP contribution in [0.3, 0.4) is 0 Å². The number of nitrogens with one attached hydrogen (secondary N) is 1. The summed E-state index contributed by atoms with van der Waals surface area (Å²) in [5.74, 6) is 0.0949. The molecule has 0 aliphatic rings. The minimum atomic E-state index is -0.479. The van der Waals surface area contributed by atoms with Crippen molar-refractivity contribution < 1.29 is 9.53 Å². The molecule has 1 aromatic heterocycles. The van der Waals surface area contributed by atoms with Gasteiger partial charge in [0.25, 0.3) is 0 Å². The van der Waals surface area contributed by atoms with E-state index in [0.29, 0.717) is 13.1 Å². The highest BCUT2D eigenvalue weighted by Gasteiger charge is 2.18. The molecule has 18 heavy (non-hydrogen) atoms. The summed E-state index contributed by atoms with van der Waals surface area (Å²) in [6, 6.07) is 3.97. The lowest BCUT2D eigenvalue weighted by molar-refractivity contribution is 0.0524. The van der Waals surface area contributed by atoms with Gasteiger partial charge in [0.2, 0.25) is 0 Å². The summed E-state index contributed by atoms with van der Waals surface area (Å²) in [6.45, 7) is 6.47. The molecule has 0 saturated carbocycles. The Hall–Kier alpha value is -1.49. The van der Waals surface area contributed by atoms with Gasteiger partial charge in [-0.3, -0.25) is 0 Å². The Balaban J connectivity index is 2.51. The van der Waals surface area contributed by atoms with E-state index >= 15 is 0 Å². The second kappa shape index (κ2) is 5.91. The first-order chi connectivity index (χ1) is 8.33. The molecular formula is C13H23N3O2. The Kier molecular flexibility index (Phi) is 4.78. The molecule has 0 aliphatic heterocycles. The lowest BCUT2D eigenvalue weighted by Gasteiger charge is -2.21. The number of alkyl carbamates (subject to hydrolysis) is 1. The van der Waals surface area contributed by atoms with Crippen molar-refractivity contribution in [1.29, 1.82) is 0 Å². The van der Waals surface area contributed by atoms with Crippen LogP contribution in [0.2, 0.25) is 0 Å². The average Bonchev–Trinajstić information content (AvgIpc) is 2.63. The zero-order chi connectivity index (χ0) is 13.8. The Morgan fingerprint density at radius 1 is 1.56 bits per heavy atom. The summed E-state index contributed by atoms with van der Waals surface area (Å²) in [4.78, 5) is 11.6. The van der Waals surface area contributed by atoms with E-state index < -0.39 is 11.7 Å². The van der Waals surface area contributed by atoms with Crippen LogP contribution in [-0.2, 0) is 11.8 Å². The SMILES string of the molecule is Cn1cccc1C(CN)CNC(=O)OC(C)(C)C. The number of nitrogens with zero attached hydrogens (tertiary/aromatic N) is 1. The minimum Gasteiger partial charge on any atom is -0.444 e. The van der Waals surface area contributed by atoms with Crippen LogP contribution in [0.5, 0.6) is 0 Å². The quantitative estimate of drug-likeness (QED) is 0.856. The average molecular weight is 253 g/mol. The van der Waals surface area contributed by atoms with Crippen LogP contribution in [0, 0.1) is 0 Å². The van der Waals surface area contributed by atoms with Gasteiger partial charge in [-0.15, -0.1) is 0 Å². The number of nitrogens with two attached hydrogens (primary N) is 1. The van der Waals surface area contributed by atoms with Crippen molar-refractivity contribution in [3.8, 4) is 0 Å². The summed E-state index contributed by atoms with van der Waals surface area (Å²) in [5, 5.41) is 2.75. The Bertz CT molecular complexity index is 393. The maximum atomic E-state index is 11.6.